The van der Waals surface area contributed by atoms with Crippen LogP contribution in [0.15, 0.2) is 58.9 Å². The van der Waals surface area contributed by atoms with Crippen LogP contribution in [0.25, 0.3) is 0 Å². The van der Waals surface area contributed by atoms with E-state index in [0.717, 1.165) is 11.6 Å². The minimum absolute atomic E-state index is 0.202. The van der Waals surface area contributed by atoms with Crippen molar-refractivity contribution in [1.29, 1.82) is 5.26 Å². The van der Waals surface area contributed by atoms with Crippen LogP contribution in [0.2, 0.25) is 0 Å². The molecule has 196 valence electrons. The minimum Gasteiger partial charge on any atom is -0.476 e. The third kappa shape index (κ3) is 7.90. The second-order valence-corrected chi connectivity index (χ2v) is 8.06. The number of nitriles is 1. The van der Waals surface area contributed by atoms with E-state index in [1.54, 1.807) is 24.1 Å². The second-order valence-electron chi connectivity index (χ2n) is 8.06. The molecule has 1 saturated heterocycles. The lowest BCUT2D eigenvalue weighted by molar-refractivity contribution is -0.137. The molecule has 1 aliphatic heterocycles. The molecule has 37 heavy (non-hydrogen) atoms. The van der Waals surface area contributed by atoms with Gasteiger partial charge in [-0.2, -0.15) is 18.4 Å². The summed E-state index contributed by atoms with van der Waals surface area (Å²) in [6, 6.07) is 7.96. The van der Waals surface area contributed by atoms with Crippen LogP contribution in [0.4, 0.5) is 24.7 Å². The van der Waals surface area contributed by atoms with E-state index in [1.165, 1.54) is 37.1 Å². The summed E-state index contributed by atoms with van der Waals surface area (Å²) in [7, 11) is 0. The third-order valence-corrected chi connectivity index (χ3v) is 5.41. The molecule has 0 aliphatic carbocycles. The largest absolute Gasteiger partial charge is 0.476 e. The molecule has 0 saturated carbocycles. The van der Waals surface area contributed by atoms with E-state index < -0.39 is 23.3 Å². The fourth-order valence-electron chi connectivity index (χ4n) is 3.34. The predicted octanol–water partition coefficient (Wildman–Crippen LogP) is 6.05. The number of piperidine rings is 1. The first kappa shape index (κ1) is 29.0. The SMILES string of the molecule is C=C1CN(c2ccc(C#N)c(C(F)(F)F)c2)CC/C1=C(/N=C\C)Nc1ccc(C(=O)O)nn1.CCCC. The molecule has 1 aromatic heterocycles. The van der Waals surface area contributed by atoms with Crippen molar-refractivity contribution in [2.24, 2.45) is 4.99 Å². The lowest BCUT2D eigenvalue weighted by Gasteiger charge is -2.33. The van der Waals surface area contributed by atoms with E-state index in [2.05, 4.69) is 40.9 Å². The van der Waals surface area contributed by atoms with Crippen molar-refractivity contribution < 1.29 is 23.1 Å². The minimum atomic E-state index is -4.64. The number of carbonyl (C=O) groups is 1. The Bertz CT molecular complexity index is 1210. The summed E-state index contributed by atoms with van der Waals surface area (Å²) in [5.41, 5.74) is 0.134. The Labute approximate surface area is 213 Å². The Hall–Kier alpha value is -4.20. The van der Waals surface area contributed by atoms with Gasteiger partial charge in [-0.25, -0.2) is 9.79 Å². The molecule has 1 fully saturated rings. The molecule has 0 bridgehead atoms. The van der Waals surface area contributed by atoms with E-state index in [1.807, 2.05) is 0 Å². The van der Waals surface area contributed by atoms with Crippen molar-refractivity contribution in [3.8, 4) is 6.07 Å². The zero-order chi connectivity index (χ0) is 27.6. The van der Waals surface area contributed by atoms with Gasteiger partial charge in [0.25, 0.3) is 0 Å². The number of nitrogens with zero attached hydrogens (tertiary/aromatic N) is 5. The van der Waals surface area contributed by atoms with E-state index in [9.17, 15) is 18.0 Å². The maximum atomic E-state index is 13.3. The first-order chi connectivity index (χ1) is 17.5. The number of carboxylic acids is 1. The number of nitrogens with one attached hydrogen (secondary N) is 1. The quantitative estimate of drug-likeness (QED) is 0.451. The van der Waals surface area contributed by atoms with Crippen molar-refractivity contribution in [2.75, 3.05) is 23.3 Å². The fourth-order valence-corrected chi connectivity index (χ4v) is 3.34. The van der Waals surface area contributed by atoms with Gasteiger partial charge in [0.1, 0.15) is 5.82 Å². The number of aromatic carboxylic acids is 1. The molecule has 0 atom stereocenters. The topological polar surface area (TPSA) is 115 Å². The molecule has 1 aliphatic rings. The van der Waals surface area contributed by atoms with Crippen LogP contribution < -0.4 is 10.2 Å². The number of hydrogen-bond donors (Lipinski definition) is 2. The zero-order valence-electron chi connectivity index (χ0n) is 20.9. The number of aromatic nitrogens is 2. The molecule has 2 N–H and O–H groups in total. The molecular formula is C26H29F3N6O2. The standard InChI is InChI=1S/C22H19F3N6O2.C4H10/c1-3-27-20(28-19-7-6-18(21(32)33)29-30-19)16-8-9-31(12-13(16)2)15-5-4-14(11-26)17(10-15)22(23,24)25;1-3-4-2/h3-7,10H,2,8-9,12H2,1H3,(H,28,30)(H,32,33);3-4H2,1-2H3/b20-16+,27-3-;. The van der Waals surface area contributed by atoms with Gasteiger partial charge in [-0.1, -0.05) is 33.3 Å². The van der Waals surface area contributed by atoms with Gasteiger partial charge >= 0.3 is 12.1 Å². The summed E-state index contributed by atoms with van der Waals surface area (Å²) in [5.74, 6) is -0.475. The first-order valence-corrected chi connectivity index (χ1v) is 11.7. The number of rotatable bonds is 6. The monoisotopic (exact) mass is 514 g/mol. The van der Waals surface area contributed by atoms with Crippen LogP contribution in [0.5, 0.6) is 0 Å². The molecule has 1 aromatic carbocycles. The molecule has 3 rings (SSSR count). The van der Waals surface area contributed by atoms with Crippen molar-refractivity contribution in [3.05, 3.63) is 70.7 Å². The first-order valence-electron chi connectivity index (χ1n) is 11.7. The smallest absolute Gasteiger partial charge is 0.417 e. The molecule has 0 amide bonds. The van der Waals surface area contributed by atoms with Crippen molar-refractivity contribution >= 4 is 23.7 Å². The van der Waals surface area contributed by atoms with Crippen LogP contribution in [-0.4, -0.2) is 40.6 Å². The Morgan fingerprint density at radius 3 is 2.46 bits per heavy atom. The molecular weight excluding hydrogens is 485 g/mol. The van der Waals surface area contributed by atoms with Gasteiger partial charge in [0, 0.05) is 30.6 Å². The summed E-state index contributed by atoms with van der Waals surface area (Å²) in [6.45, 7) is 10.8. The number of carboxylic acid groups (broad SMARTS) is 1. The number of halogens is 3. The number of hydrogen-bond acceptors (Lipinski definition) is 7. The van der Waals surface area contributed by atoms with Crippen molar-refractivity contribution in [3.63, 3.8) is 0 Å². The van der Waals surface area contributed by atoms with Gasteiger partial charge in [-0.15, -0.1) is 10.2 Å². The number of anilines is 2. The fraction of sp³-hybridized carbons (Fsp3) is 0.346. The Morgan fingerprint density at radius 1 is 1.27 bits per heavy atom. The summed E-state index contributed by atoms with van der Waals surface area (Å²) in [6.07, 6.45) is -0.00611. The molecule has 8 nitrogen and oxygen atoms in total. The number of unbranched alkanes of at least 4 members (excludes halogenated alkanes) is 1. The highest BCUT2D eigenvalue weighted by Crippen LogP contribution is 2.36. The summed E-state index contributed by atoms with van der Waals surface area (Å²) in [5, 5.41) is 28.4. The molecule has 2 heterocycles. The molecule has 0 unspecified atom stereocenters. The lowest BCUT2D eigenvalue weighted by Crippen LogP contribution is -2.33. The van der Waals surface area contributed by atoms with Crippen LogP contribution >= 0.6 is 0 Å². The summed E-state index contributed by atoms with van der Waals surface area (Å²) >= 11 is 0. The Kier molecular flexibility index (Phi) is 10.4. The van der Waals surface area contributed by atoms with Crippen molar-refractivity contribution in [2.45, 2.75) is 46.2 Å². The predicted molar refractivity (Wildman–Crippen MR) is 137 cm³/mol. The van der Waals surface area contributed by atoms with E-state index in [0.29, 0.717) is 30.0 Å². The van der Waals surface area contributed by atoms with Gasteiger partial charge in [-0.05, 0) is 49.2 Å². The van der Waals surface area contributed by atoms with Crippen LogP contribution in [-0.2, 0) is 6.18 Å². The summed E-state index contributed by atoms with van der Waals surface area (Å²) < 4.78 is 40.0. The molecule has 2 aromatic rings. The van der Waals surface area contributed by atoms with Crippen LogP contribution in [0, 0.1) is 11.3 Å². The highest BCUT2D eigenvalue weighted by atomic mass is 19.4. The Balaban J connectivity index is 0.00000112. The van der Waals surface area contributed by atoms with Gasteiger partial charge in [0.15, 0.2) is 11.5 Å². The number of aliphatic imine (C=N–C) groups is 1. The Morgan fingerprint density at radius 2 is 1.97 bits per heavy atom. The normalized spacial score (nSPS) is 15.1. The van der Waals surface area contributed by atoms with E-state index in [-0.39, 0.29) is 18.1 Å². The van der Waals surface area contributed by atoms with Crippen LogP contribution in [0.3, 0.4) is 0 Å². The van der Waals surface area contributed by atoms with Crippen LogP contribution in [0.1, 0.15) is 61.6 Å². The zero-order valence-corrected chi connectivity index (χ0v) is 20.9. The van der Waals surface area contributed by atoms with Crippen molar-refractivity contribution in [1.82, 2.24) is 10.2 Å². The van der Waals surface area contributed by atoms with Gasteiger partial charge in [0.05, 0.1) is 17.2 Å². The second kappa shape index (κ2) is 13.2. The third-order valence-electron chi connectivity index (χ3n) is 5.41. The van der Waals surface area contributed by atoms with Gasteiger partial charge in [0.2, 0.25) is 0 Å². The lowest BCUT2D eigenvalue weighted by atomic mass is 9.97. The number of benzene rings is 1. The highest BCUT2D eigenvalue weighted by Gasteiger charge is 2.34. The molecule has 0 radical (unpaired) electrons. The highest BCUT2D eigenvalue weighted by molar-refractivity contribution is 5.85. The molecule has 0 spiro atoms. The molecule has 11 heteroatoms. The van der Waals surface area contributed by atoms with E-state index >= 15 is 0 Å². The van der Waals surface area contributed by atoms with E-state index in [4.69, 9.17) is 10.4 Å². The van der Waals surface area contributed by atoms with Gasteiger partial charge < -0.3 is 15.3 Å². The summed E-state index contributed by atoms with van der Waals surface area (Å²) in [4.78, 5) is 17.0. The van der Waals surface area contributed by atoms with Gasteiger partial charge in [-0.3, -0.25) is 0 Å². The maximum absolute atomic E-state index is 13.3. The average molecular weight is 515 g/mol. The average Bonchev–Trinajstić information content (AvgIpc) is 2.88. The maximum Gasteiger partial charge on any atom is 0.417 e. The number of alkyl halides is 3.